The highest BCUT2D eigenvalue weighted by Gasteiger charge is 2.37. The van der Waals surface area contributed by atoms with Crippen molar-refractivity contribution in [3.05, 3.63) is 92.1 Å². The van der Waals surface area contributed by atoms with Crippen molar-refractivity contribution in [3.8, 4) is 5.75 Å². The van der Waals surface area contributed by atoms with Gasteiger partial charge in [0.2, 0.25) is 11.2 Å². The number of amides is 1. The van der Waals surface area contributed by atoms with Crippen molar-refractivity contribution in [1.82, 2.24) is 9.99 Å². The summed E-state index contributed by atoms with van der Waals surface area (Å²) >= 11 is 8.03. The third kappa shape index (κ3) is 3.57. The summed E-state index contributed by atoms with van der Waals surface area (Å²) in [7, 11) is 0. The molecule has 2 aliphatic rings. The summed E-state index contributed by atoms with van der Waals surface area (Å²) in [6.07, 6.45) is 1.42. The zero-order valence-electron chi connectivity index (χ0n) is 17.3. The lowest BCUT2D eigenvalue weighted by Crippen LogP contribution is -2.54. The fourth-order valence-electron chi connectivity index (χ4n) is 4.22. The Labute approximate surface area is 197 Å². The number of carbonyl (C=O) groups excluding carboxylic acids is 2. The van der Waals surface area contributed by atoms with Crippen LogP contribution in [0.15, 0.2) is 58.4 Å². The third-order valence-electron chi connectivity index (χ3n) is 5.55. The van der Waals surface area contributed by atoms with Crippen LogP contribution in [0.5, 0.6) is 5.75 Å². The highest BCUT2D eigenvalue weighted by atomic mass is 35.5. The molecule has 0 saturated carbocycles. The molecule has 0 bridgehead atoms. The lowest BCUT2D eigenvalue weighted by molar-refractivity contribution is -0.132. The number of nitrogens with one attached hydrogen (secondary N) is 1. The molecule has 2 aromatic carbocycles. The lowest BCUT2D eigenvalue weighted by Gasteiger charge is -2.40. The first-order chi connectivity index (χ1) is 15.9. The summed E-state index contributed by atoms with van der Waals surface area (Å²) in [6.45, 7) is 1.16. The van der Waals surface area contributed by atoms with Crippen LogP contribution in [0.2, 0.25) is 5.02 Å². The largest absolute Gasteiger partial charge is 0.420 e. The number of rotatable bonds is 2. The quantitative estimate of drug-likeness (QED) is 0.559. The molecule has 1 unspecified atom stereocenters. The van der Waals surface area contributed by atoms with Gasteiger partial charge in [-0.2, -0.15) is 0 Å². The van der Waals surface area contributed by atoms with E-state index in [1.54, 1.807) is 23.2 Å². The zero-order chi connectivity index (χ0) is 23.3. The van der Waals surface area contributed by atoms with E-state index in [4.69, 9.17) is 16.3 Å². The summed E-state index contributed by atoms with van der Waals surface area (Å²) in [5.74, 6) is -1.58. The van der Waals surface area contributed by atoms with Gasteiger partial charge in [-0.15, -0.1) is 11.8 Å². The Balaban J connectivity index is 1.79. The molecule has 3 heterocycles. The molecule has 0 spiro atoms. The Bertz CT molecular complexity index is 1380. The molecule has 1 aromatic heterocycles. The van der Waals surface area contributed by atoms with Crippen molar-refractivity contribution in [2.24, 2.45) is 0 Å². The number of carbonyl (C=O) groups is 2. The second-order valence-electron chi connectivity index (χ2n) is 7.56. The minimum Gasteiger partial charge on any atom is -0.420 e. The normalized spacial score (nSPS) is 16.8. The standard InChI is InChI=1S/C23H17ClFN3O4S/c1-12(29)32-21-17(30)8-9-27-20(21)23(31)26-11-28(27)19-14-5-3-6-15(24)22(14)33-10-13-4-2-7-16(25)18(13)19/h2-9,19H,10-11H2,1H3,(H,26,31). The Morgan fingerprint density at radius 2 is 2.00 bits per heavy atom. The number of nitrogens with zero attached hydrogens (tertiary/aromatic N) is 2. The molecule has 7 nitrogen and oxygen atoms in total. The minimum atomic E-state index is -0.731. The van der Waals surface area contributed by atoms with Gasteiger partial charge in [0.1, 0.15) is 18.5 Å². The van der Waals surface area contributed by atoms with Crippen molar-refractivity contribution in [2.75, 3.05) is 11.7 Å². The van der Waals surface area contributed by atoms with E-state index in [9.17, 15) is 14.4 Å². The van der Waals surface area contributed by atoms with Gasteiger partial charge in [-0.3, -0.25) is 24.1 Å². The Morgan fingerprint density at radius 1 is 1.21 bits per heavy atom. The molecule has 3 aromatic rings. The smallest absolute Gasteiger partial charge is 0.308 e. The molecule has 10 heteroatoms. The molecule has 168 valence electrons. The van der Waals surface area contributed by atoms with Crippen LogP contribution in [0, 0.1) is 5.82 Å². The van der Waals surface area contributed by atoms with Gasteiger partial charge in [-0.25, -0.2) is 4.39 Å². The Hall–Kier alpha value is -3.30. The van der Waals surface area contributed by atoms with Crippen molar-refractivity contribution >= 4 is 35.2 Å². The van der Waals surface area contributed by atoms with E-state index in [1.807, 2.05) is 12.1 Å². The molecule has 0 fully saturated rings. The Kier molecular flexibility index (Phi) is 5.38. The van der Waals surface area contributed by atoms with Crippen LogP contribution in [0.3, 0.4) is 0 Å². The van der Waals surface area contributed by atoms with Gasteiger partial charge in [0, 0.05) is 35.4 Å². The number of benzene rings is 2. The molecule has 0 saturated heterocycles. The summed E-state index contributed by atoms with van der Waals surface area (Å²) in [5, 5.41) is 4.97. The number of hydrogen-bond donors (Lipinski definition) is 1. The molecule has 5 rings (SSSR count). The topological polar surface area (TPSA) is 80.6 Å². The number of hydrogen-bond acceptors (Lipinski definition) is 6. The van der Waals surface area contributed by atoms with E-state index in [-0.39, 0.29) is 18.1 Å². The average molecular weight is 486 g/mol. The number of thioether (sulfide) groups is 1. The molecule has 33 heavy (non-hydrogen) atoms. The van der Waals surface area contributed by atoms with Crippen LogP contribution in [-0.4, -0.2) is 23.2 Å². The van der Waals surface area contributed by atoms with Crippen LogP contribution in [0.1, 0.15) is 40.1 Å². The predicted molar refractivity (Wildman–Crippen MR) is 122 cm³/mol. The van der Waals surface area contributed by atoms with Crippen LogP contribution < -0.4 is 20.5 Å². The third-order valence-corrected chi connectivity index (χ3v) is 7.18. The number of halogens is 2. The summed E-state index contributed by atoms with van der Waals surface area (Å²) < 4.78 is 21.9. The van der Waals surface area contributed by atoms with Crippen molar-refractivity contribution in [3.63, 3.8) is 0 Å². The van der Waals surface area contributed by atoms with Gasteiger partial charge in [0.25, 0.3) is 5.91 Å². The molecule has 1 amide bonds. The number of ether oxygens (including phenoxy) is 1. The molecular formula is C23H17ClFN3O4S. The van der Waals surface area contributed by atoms with Crippen molar-refractivity contribution in [1.29, 1.82) is 0 Å². The minimum absolute atomic E-state index is 0.0171. The number of fused-ring (bicyclic) bond motifs is 3. The van der Waals surface area contributed by atoms with E-state index >= 15 is 4.39 Å². The average Bonchev–Trinajstić information content (AvgIpc) is 2.94. The first-order valence-corrected chi connectivity index (χ1v) is 11.4. The molecule has 0 radical (unpaired) electrons. The van der Waals surface area contributed by atoms with Gasteiger partial charge in [-0.05, 0) is 23.3 Å². The Morgan fingerprint density at radius 3 is 2.79 bits per heavy atom. The van der Waals surface area contributed by atoms with Crippen LogP contribution in [0.4, 0.5) is 4.39 Å². The highest BCUT2D eigenvalue weighted by Crippen LogP contribution is 2.45. The number of pyridine rings is 1. The van der Waals surface area contributed by atoms with E-state index in [0.717, 1.165) is 22.9 Å². The van der Waals surface area contributed by atoms with E-state index in [2.05, 4.69) is 5.32 Å². The van der Waals surface area contributed by atoms with Crippen LogP contribution >= 0.6 is 23.4 Å². The summed E-state index contributed by atoms with van der Waals surface area (Å²) in [6, 6.07) is 10.9. The lowest BCUT2D eigenvalue weighted by atomic mass is 9.94. The zero-order valence-corrected chi connectivity index (χ0v) is 18.9. The summed E-state index contributed by atoms with van der Waals surface area (Å²) in [4.78, 5) is 37.6. The van der Waals surface area contributed by atoms with Gasteiger partial charge in [0.05, 0.1) is 5.02 Å². The highest BCUT2D eigenvalue weighted by molar-refractivity contribution is 7.98. The first-order valence-electron chi connectivity index (χ1n) is 10.0. The fraction of sp³-hybridized carbons (Fsp3) is 0.174. The van der Waals surface area contributed by atoms with E-state index < -0.39 is 29.2 Å². The first kappa shape index (κ1) is 21.5. The SMILES string of the molecule is CC(=O)Oc1c2n(ccc1=O)N(C1c3cccc(Cl)c3SCc3cccc(F)c31)CNC2=O. The van der Waals surface area contributed by atoms with Crippen LogP contribution in [0.25, 0.3) is 0 Å². The second-order valence-corrected chi connectivity index (χ2v) is 8.95. The maximum Gasteiger partial charge on any atom is 0.308 e. The molecule has 1 N–H and O–H groups in total. The van der Waals surface area contributed by atoms with Gasteiger partial charge >= 0.3 is 5.97 Å². The molecule has 0 aliphatic carbocycles. The summed E-state index contributed by atoms with van der Waals surface area (Å²) in [5.41, 5.74) is 1.24. The van der Waals surface area contributed by atoms with Crippen LogP contribution in [-0.2, 0) is 10.5 Å². The number of esters is 1. The monoisotopic (exact) mass is 485 g/mol. The van der Waals surface area contributed by atoms with Gasteiger partial charge in [0.15, 0.2) is 5.69 Å². The van der Waals surface area contributed by atoms with Crippen molar-refractivity contribution < 1.29 is 18.7 Å². The fourth-order valence-corrected chi connectivity index (χ4v) is 5.67. The molecular weight excluding hydrogens is 469 g/mol. The predicted octanol–water partition coefficient (Wildman–Crippen LogP) is 3.60. The van der Waals surface area contributed by atoms with Gasteiger partial charge in [-0.1, -0.05) is 35.9 Å². The second kappa shape index (κ2) is 8.24. The van der Waals surface area contributed by atoms with Crippen molar-refractivity contribution in [2.45, 2.75) is 23.6 Å². The molecule has 1 atom stereocenters. The number of aromatic nitrogens is 1. The van der Waals surface area contributed by atoms with E-state index in [0.29, 0.717) is 16.3 Å². The molecule has 2 aliphatic heterocycles. The van der Waals surface area contributed by atoms with Gasteiger partial charge < -0.3 is 10.1 Å². The maximum atomic E-state index is 15.3. The maximum absolute atomic E-state index is 15.3. The van der Waals surface area contributed by atoms with E-state index in [1.165, 1.54) is 34.8 Å².